The van der Waals surface area contributed by atoms with Crippen molar-refractivity contribution < 1.29 is 0 Å². The van der Waals surface area contributed by atoms with E-state index in [2.05, 4.69) is 215 Å². The Balaban J connectivity index is 0.901. The molecular formula is C62H36N4S. The number of para-hydroxylation sites is 4. The van der Waals surface area contributed by atoms with Gasteiger partial charge in [0.15, 0.2) is 5.82 Å². The first-order chi connectivity index (χ1) is 33.2. The third-order valence-corrected chi connectivity index (χ3v) is 15.3. The van der Waals surface area contributed by atoms with Crippen LogP contribution in [-0.4, -0.2) is 19.1 Å². The van der Waals surface area contributed by atoms with Crippen molar-refractivity contribution in [2.45, 2.75) is 0 Å². The van der Waals surface area contributed by atoms with Crippen molar-refractivity contribution in [2.24, 2.45) is 0 Å². The number of hydrogen-bond donors (Lipinski definition) is 0. The summed E-state index contributed by atoms with van der Waals surface area (Å²) in [6.45, 7) is 0. The third-order valence-electron chi connectivity index (χ3n) is 14.1. The van der Waals surface area contributed by atoms with Gasteiger partial charge in [-0.05, 0) is 115 Å². The van der Waals surface area contributed by atoms with Crippen LogP contribution in [0.25, 0.3) is 141 Å². The van der Waals surface area contributed by atoms with Crippen LogP contribution >= 0.6 is 11.3 Å². The molecule has 0 saturated heterocycles. The summed E-state index contributed by atoms with van der Waals surface area (Å²) < 4.78 is 7.41. The molecule has 67 heavy (non-hydrogen) atoms. The minimum absolute atomic E-state index is 0.672. The van der Waals surface area contributed by atoms with E-state index in [0.717, 1.165) is 50.1 Å². The smallest absolute Gasteiger partial charge is 0.159 e. The lowest BCUT2D eigenvalue weighted by Crippen LogP contribution is -2.01. The topological polar surface area (TPSA) is 35.6 Å². The monoisotopic (exact) mass is 868 g/mol. The average molecular weight is 869 g/mol. The van der Waals surface area contributed by atoms with Gasteiger partial charge in [0.05, 0.1) is 22.1 Å². The quantitative estimate of drug-likeness (QED) is 0.165. The second-order valence-corrected chi connectivity index (χ2v) is 18.8. The Hall–Kier alpha value is -8.64. The predicted octanol–water partition coefficient (Wildman–Crippen LogP) is 17.0. The van der Waals surface area contributed by atoms with Gasteiger partial charge in [-0.1, -0.05) is 140 Å². The molecule has 11 aromatic carbocycles. The van der Waals surface area contributed by atoms with E-state index in [9.17, 15) is 0 Å². The molecule has 310 valence electrons. The molecule has 0 N–H and O–H groups in total. The van der Waals surface area contributed by atoms with Gasteiger partial charge in [-0.3, -0.25) is 0 Å². The molecule has 0 fully saturated rings. The molecule has 0 amide bonds. The van der Waals surface area contributed by atoms with Crippen molar-refractivity contribution in [3.05, 3.63) is 219 Å². The fourth-order valence-electron chi connectivity index (χ4n) is 11.2. The maximum Gasteiger partial charge on any atom is 0.159 e. The maximum atomic E-state index is 5.16. The summed E-state index contributed by atoms with van der Waals surface area (Å²) in [4.78, 5) is 10.3. The SMILES string of the molecule is c1ccc2c(c1)ccc1sc3cc4c5ccc(-c6cnc(-c7cc(-n8c9ccccc9c9ccccc98)cc(-n8c9ccccc9c9ccccc98)c7)nc6)cc5c5ccccc5c4cc3c12. The molecule has 0 aliphatic carbocycles. The van der Waals surface area contributed by atoms with Gasteiger partial charge in [-0.15, -0.1) is 11.3 Å². The van der Waals surface area contributed by atoms with Crippen molar-refractivity contribution in [1.82, 2.24) is 19.1 Å². The fraction of sp³-hybridized carbons (Fsp3) is 0. The lowest BCUT2D eigenvalue weighted by Gasteiger charge is -2.15. The molecule has 0 atom stereocenters. The van der Waals surface area contributed by atoms with Crippen molar-refractivity contribution in [1.29, 1.82) is 0 Å². The summed E-state index contributed by atoms with van der Waals surface area (Å²) in [5, 5.41) is 17.7. The third kappa shape index (κ3) is 5.34. The minimum atomic E-state index is 0.672. The van der Waals surface area contributed by atoms with E-state index >= 15 is 0 Å². The zero-order valence-corrected chi connectivity index (χ0v) is 36.8. The van der Waals surface area contributed by atoms with Gasteiger partial charge in [0.1, 0.15) is 0 Å². The molecular weight excluding hydrogens is 833 g/mol. The van der Waals surface area contributed by atoms with Gasteiger partial charge in [-0.2, -0.15) is 0 Å². The van der Waals surface area contributed by atoms with E-state index in [0.29, 0.717) is 5.82 Å². The summed E-state index contributed by atoms with van der Waals surface area (Å²) in [5.74, 6) is 0.672. The minimum Gasteiger partial charge on any atom is -0.309 e. The highest BCUT2D eigenvalue weighted by atomic mass is 32.1. The van der Waals surface area contributed by atoms with Crippen molar-refractivity contribution in [3.63, 3.8) is 0 Å². The Morgan fingerprint density at radius 1 is 0.299 bits per heavy atom. The van der Waals surface area contributed by atoms with Gasteiger partial charge < -0.3 is 9.13 Å². The summed E-state index contributed by atoms with van der Waals surface area (Å²) in [7, 11) is 0. The Labute approximate surface area is 387 Å². The molecule has 0 bridgehead atoms. The van der Waals surface area contributed by atoms with Gasteiger partial charge >= 0.3 is 0 Å². The number of benzene rings is 11. The molecule has 4 heterocycles. The number of rotatable bonds is 4. The van der Waals surface area contributed by atoms with Gasteiger partial charge in [0.25, 0.3) is 0 Å². The summed E-state index contributed by atoms with van der Waals surface area (Å²) >= 11 is 1.89. The van der Waals surface area contributed by atoms with E-state index in [1.165, 1.54) is 84.8 Å². The summed E-state index contributed by atoms with van der Waals surface area (Å²) in [5.41, 5.74) is 9.73. The van der Waals surface area contributed by atoms with Crippen LogP contribution in [0.5, 0.6) is 0 Å². The summed E-state index contributed by atoms with van der Waals surface area (Å²) in [6.07, 6.45) is 3.98. The molecule has 4 aromatic heterocycles. The Bertz CT molecular complexity index is 4330. The Kier molecular flexibility index (Phi) is 7.63. The van der Waals surface area contributed by atoms with Gasteiger partial charge in [0.2, 0.25) is 0 Å². The van der Waals surface area contributed by atoms with Gasteiger partial charge in [0, 0.05) is 76.6 Å². The lowest BCUT2D eigenvalue weighted by molar-refractivity contribution is 1.12. The predicted molar refractivity (Wildman–Crippen MR) is 284 cm³/mol. The maximum absolute atomic E-state index is 5.16. The molecule has 5 heteroatoms. The number of aromatic nitrogens is 4. The molecule has 0 unspecified atom stereocenters. The first-order valence-corrected chi connectivity index (χ1v) is 23.6. The number of thiophene rings is 1. The molecule has 0 aliphatic heterocycles. The molecule has 0 radical (unpaired) electrons. The highest BCUT2D eigenvalue weighted by Crippen LogP contribution is 2.45. The Morgan fingerprint density at radius 2 is 0.776 bits per heavy atom. The first-order valence-electron chi connectivity index (χ1n) is 22.8. The van der Waals surface area contributed by atoms with E-state index in [1.807, 2.05) is 23.7 Å². The van der Waals surface area contributed by atoms with Crippen molar-refractivity contribution >= 4 is 118 Å². The first kappa shape index (κ1) is 36.7. The largest absolute Gasteiger partial charge is 0.309 e. The zero-order valence-electron chi connectivity index (χ0n) is 36.0. The average Bonchev–Trinajstić information content (AvgIpc) is 4.06. The molecule has 0 aliphatic rings. The van der Waals surface area contributed by atoms with Crippen LogP contribution in [0.2, 0.25) is 0 Å². The van der Waals surface area contributed by atoms with Crippen LogP contribution in [-0.2, 0) is 0 Å². The second-order valence-electron chi connectivity index (χ2n) is 17.7. The van der Waals surface area contributed by atoms with Crippen molar-refractivity contribution in [3.8, 4) is 33.9 Å². The van der Waals surface area contributed by atoms with E-state index in [1.54, 1.807) is 0 Å². The highest BCUT2D eigenvalue weighted by Gasteiger charge is 2.19. The molecule has 0 saturated carbocycles. The van der Waals surface area contributed by atoms with E-state index < -0.39 is 0 Å². The van der Waals surface area contributed by atoms with Crippen LogP contribution in [0, 0.1) is 0 Å². The van der Waals surface area contributed by atoms with Crippen LogP contribution in [0.3, 0.4) is 0 Å². The molecule has 15 rings (SSSR count). The van der Waals surface area contributed by atoms with Crippen LogP contribution in [0.4, 0.5) is 0 Å². The van der Waals surface area contributed by atoms with Crippen LogP contribution in [0.15, 0.2) is 219 Å². The zero-order chi connectivity index (χ0) is 43.7. The fourth-order valence-corrected chi connectivity index (χ4v) is 12.3. The Morgan fingerprint density at radius 3 is 1.36 bits per heavy atom. The number of fused-ring (bicyclic) bond motifs is 17. The highest BCUT2D eigenvalue weighted by molar-refractivity contribution is 7.26. The second kappa shape index (κ2) is 13.9. The van der Waals surface area contributed by atoms with E-state index in [4.69, 9.17) is 9.97 Å². The summed E-state index contributed by atoms with van der Waals surface area (Å²) in [6, 6.07) is 75.5. The normalized spacial score (nSPS) is 12.2. The van der Waals surface area contributed by atoms with E-state index in [-0.39, 0.29) is 0 Å². The number of hydrogen-bond acceptors (Lipinski definition) is 3. The van der Waals surface area contributed by atoms with Crippen molar-refractivity contribution in [2.75, 3.05) is 0 Å². The lowest BCUT2D eigenvalue weighted by atomic mass is 9.91. The van der Waals surface area contributed by atoms with Crippen LogP contribution in [0.1, 0.15) is 0 Å². The molecule has 15 aromatic rings. The van der Waals surface area contributed by atoms with Gasteiger partial charge in [-0.25, -0.2) is 9.97 Å². The standard InChI is InChI=1S/C62H36N4S/c1-2-14-43-37(13-1)26-28-59-61(43)54-33-52-45-16-4-3-15-44(45)51-31-38(25-27-46(51)53(52)34-60(54)67-59)40-35-63-62(64-36-40)39-29-41(65-55-21-9-5-17-47(55)48-18-6-10-22-56(48)65)32-42(30-39)66-57-23-11-7-19-49(57)50-20-8-12-24-58(50)66/h1-36H. The molecule has 0 spiro atoms. The van der Waals surface area contributed by atoms with Crippen LogP contribution < -0.4 is 0 Å². The number of nitrogens with zero attached hydrogens (tertiary/aromatic N) is 4. The molecule has 4 nitrogen and oxygen atoms in total.